The van der Waals surface area contributed by atoms with Crippen LogP contribution in [0.1, 0.15) is 25.6 Å². The quantitative estimate of drug-likeness (QED) is 0.541. The average Bonchev–Trinajstić information content (AvgIpc) is 3.20. The van der Waals surface area contributed by atoms with Crippen LogP contribution in [0.2, 0.25) is 0 Å². The predicted octanol–water partition coefficient (Wildman–Crippen LogP) is 3.42. The Balaban J connectivity index is 1.48. The van der Waals surface area contributed by atoms with E-state index < -0.39 is 0 Å². The van der Waals surface area contributed by atoms with Crippen LogP contribution in [-0.4, -0.2) is 50.9 Å². The lowest BCUT2D eigenvalue weighted by molar-refractivity contribution is 0.552. The van der Waals surface area contributed by atoms with E-state index in [4.69, 9.17) is 9.97 Å². The smallest absolute Gasteiger partial charge is 0.228 e. The van der Waals surface area contributed by atoms with Gasteiger partial charge in [-0.2, -0.15) is 5.10 Å². The summed E-state index contributed by atoms with van der Waals surface area (Å²) in [5, 5.41) is 13.3. The van der Waals surface area contributed by atoms with Crippen molar-refractivity contribution in [3.63, 3.8) is 0 Å². The van der Waals surface area contributed by atoms with Gasteiger partial charge >= 0.3 is 0 Å². The Morgan fingerprint density at radius 1 is 1.00 bits per heavy atom. The first-order valence-corrected chi connectivity index (χ1v) is 10.4. The molecular weight excluding hydrogens is 376 g/mol. The van der Waals surface area contributed by atoms with Crippen LogP contribution in [0.5, 0.6) is 0 Å². The summed E-state index contributed by atoms with van der Waals surface area (Å²) in [6.07, 6.45) is 3.74. The van der Waals surface area contributed by atoms with Gasteiger partial charge in [0.2, 0.25) is 5.95 Å². The number of aryl methyl sites for hydroxylation is 1. The zero-order valence-electron chi connectivity index (χ0n) is 17.6. The Kier molecular flexibility index (Phi) is 4.71. The van der Waals surface area contributed by atoms with Crippen molar-refractivity contribution in [3.05, 3.63) is 42.4 Å². The van der Waals surface area contributed by atoms with Crippen LogP contribution in [0.3, 0.4) is 0 Å². The molecule has 1 aliphatic heterocycles. The molecule has 0 radical (unpaired) electrons. The van der Waals surface area contributed by atoms with E-state index in [-0.39, 0.29) is 6.04 Å². The van der Waals surface area contributed by atoms with E-state index in [0.717, 1.165) is 59.5 Å². The standard InChI is InChI=1S/C22H26N8/c1-14(2)30-21-17(13-25-30)5-4-16-12-24-22(28-20(16)21)27-19-7-6-18(15(3)26-19)29-10-8-23-9-11-29/h4-7,12-14,23H,8-11H2,1-3H3,(H,24,26,27,28). The molecule has 0 unspecified atom stereocenters. The minimum atomic E-state index is 0.251. The van der Waals surface area contributed by atoms with Crippen LogP contribution in [0.4, 0.5) is 17.5 Å². The monoisotopic (exact) mass is 402 g/mol. The maximum Gasteiger partial charge on any atom is 0.228 e. The summed E-state index contributed by atoms with van der Waals surface area (Å²) in [6.45, 7) is 10.3. The highest BCUT2D eigenvalue weighted by Gasteiger charge is 2.15. The SMILES string of the molecule is Cc1nc(Nc2ncc3ccc4cnn(C(C)C)c4c3n2)ccc1N1CCNCC1. The zero-order valence-corrected chi connectivity index (χ0v) is 17.6. The number of hydrogen-bond donors (Lipinski definition) is 2. The molecule has 1 saturated heterocycles. The minimum Gasteiger partial charge on any atom is -0.368 e. The highest BCUT2D eigenvalue weighted by molar-refractivity contribution is 6.03. The minimum absolute atomic E-state index is 0.251. The third-order valence-corrected chi connectivity index (χ3v) is 5.55. The van der Waals surface area contributed by atoms with Gasteiger partial charge in [-0.1, -0.05) is 12.1 Å². The molecule has 8 nitrogen and oxygen atoms in total. The second-order valence-electron chi connectivity index (χ2n) is 7.98. The number of anilines is 3. The number of nitrogens with one attached hydrogen (secondary N) is 2. The van der Waals surface area contributed by atoms with Gasteiger partial charge in [-0.15, -0.1) is 0 Å². The largest absolute Gasteiger partial charge is 0.368 e. The summed E-state index contributed by atoms with van der Waals surface area (Å²) in [4.78, 5) is 16.4. The summed E-state index contributed by atoms with van der Waals surface area (Å²) in [5.41, 5.74) is 4.11. The highest BCUT2D eigenvalue weighted by Crippen LogP contribution is 2.27. The van der Waals surface area contributed by atoms with E-state index in [1.807, 2.05) is 29.2 Å². The fourth-order valence-electron chi connectivity index (χ4n) is 4.05. The van der Waals surface area contributed by atoms with Gasteiger partial charge in [-0.25, -0.2) is 15.0 Å². The Labute approximate surface area is 175 Å². The number of fused-ring (bicyclic) bond motifs is 3. The molecule has 4 aromatic rings. The molecule has 30 heavy (non-hydrogen) atoms. The van der Waals surface area contributed by atoms with Gasteiger partial charge in [0.15, 0.2) is 0 Å². The molecule has 4 heterocycles. The van der Waals surface area contributed by atoms with Gasteiger partial charge in [0.25, 0.3) is 0 Å². The Morgan fingerprint density at radius 3 is 2.57 bits per heavy atom. The van der Waals surface area contributed by atoms with E-state index in [0.29, 0.717) is 5.95 Å². The van der Waals surface area contributed by atoms with E-state index >= 15 is 0 Å². The summed E-state index contributed by atoms with van der Waals surface area (Å²) < 4.78 is 2.01. The van der Waals surface area contributed by atoms with Crippen LogP contribution in [0.25, 0.3) is 21.8 Å². The topological polar surface area (TPSA) is 83.8 Å². The lowest BCUT2D eigenvalue weighted by atomic mass is 10.2. The summed E-state index contributed by atoms with van der Waals surface area (Å²) in [5.74, 6) is 1.28. The maximum atomic E-state index is 4.81. The first-order valence-electron chi connectivity index (χ1n) is 10.4. The fraction of sp³-hybridized carbons (Fsp3) is 0.364. The molecule has 154 valence electrons. The third-order valence-electron chi connectivity index (χ3n) is 5.55. The second-order valence-corrected chi connectivity index (χ2v) is 7.98. The lowest BCUT2D eigenvalue weighted by Gasteiger charge is -2.30. The summed E-state index contributed by atoms with van der Waals surface area (Å²) in [6, 6.07) is 8.49. The molecule has 3 aromatic heterocycles. The zero-order chi connectivity index (χ0) is 20.7. The van der Waals surface area contributed by atoms with Crippen molar-refractivity contribution in [2.24, 2.45) is 0 Å². The molecule has 0 amide bonds. The summed E-state index contributed by atoms with van der Waals surface area (Å²) >= 11 is 0. The molecule has 1 aromatic carbocycles. The average molecular weight is 403 g/mol. The van der Waals surface area contributed by atoms with Crippen LogP contribution in [0, 0.1) is 6.92 Å². The van der Waals surface area contributed by atoms with Gasteiger partial charge < -0.3 is 15.5 Å². The molecule has 8 heteroatoms. The van der Waals surface area contributed by atoms with Gasteiger partial charge in [-0.05, 0) is 32.9 Å². The van der Waals surface area contributed by atoms with Gasteiger partial charge in [0, 0.05) is 49.2 Å². The fourth-order valence-corrected chi connectivity index (χ4v) is 4.05. The van der Waals surface area contributed by atoms with E-state index in [9.17, 15) is 0 Å². The van der Waals surface area contributed by atoms with Crippen molar-refractivity contribution in [3.8, 4) is 0 Å². The lowest BCUT2D eigenvalue weighted by Crippen LogP contribution is -2.43. The second kappa shape index (κ2) is 7.53. The first kappa shape index (κ1) is 18.7. The van der Waals surface area contributed by atoms with Crippen molar-refractivity contribution in [2.45, 2.75) is 26.8 Å². The number of aromatic nitrogens is 5. The predicted molar refractivity (Wildman–Crippen MR) is 121 cm³/mol. The number of nitrogens with zero attached hydrogens (tertiary/aromatic N) is 6. The molecule has 0 saturated carbocycles. The number of hydrogen-bond acceptors (Lipinski definition) is 7. The number of benzene rings is 1. The van der Waals surface area contributed by atoms with Crippen LogP contribution in [0.15, 0.2) is 36.7 Å². The van der Waals surface area contributed by atoms with Gasteiger partial charge in [0.1, 0.15) is 11.3 Å². The number of rotatable bonds is 4. The maximum absolute atomic E-state index is 4.81. The molecule has 0 bridgehead atoms. The third kappa shape index (κ3) is 3.33. The van der Waals surface area contributed by atoms with Crippen molar-refractivity contribution in [1.82, 2.24) is 30.0 Å². The van der Waals surface area contributed by atoms with Crippen LogP contribution >= 0.6 is 0 Å². The Bertz CT molecular complexity index is 1210. The number of pyridine rings is 1. The molecular formula is C22H26N8. The van der Waals surface area contributed by atoms with Crippen LogP contribution in [-0.2, 0) is 0 Å². The first-order chi connectivity index (χ1) is 14.6. The van der Waals surface area contributed by atoms with Crippen LogP contribution < -0.4 is 15.5 Å². The number of piperazine rings is 1. The molecule has 1 fully saturated rings. The van der Waals surface area contributed by atoms with E-state index in [2.05, 4.69) is 58.5 Å². The molecule has 1 aliphatic rings. The van der Waals surface area contributed by atoms with Gasteiger partial charge in [-0.3, -0.25) is 4.68 Å². The van der Waals surface area contributed by atoms with Crippen molar-refractivity contribution in [2.75, 3.05) is 36.4 Å². The molecule has 0 atom stereocenters. The molecule has 5 rings (SSSR count). The van der Waals surface area contributed by atoms with Crippen molar-refractivity contribution >= 4 is 39.3 Å². The van der Waals surface area contributed by atoms with E-state index in [1.54, 1.807) is 0 Å². The highest BCUT2D eigenvalue weighted by atomic mass is 15.3. The van der Waals surface area contributed by atoms with Crippen molar-refractivity contribution < 1.29 is 0 Å². The molecule has 2 N–H and O–H groups in total. The van der Waals surface area contributed by atoms with E-state index in [1.165, 1.54) is 5.69 Å². The Hall–Kier alpha value is -3.26. The normalized spacial score (nSPS) is 14.7. The summed E-state index contributed by atoms with van der Waals surface area (Å²) in [7, 11) is 0. The molecule has 0 spiro atoms. The van der Waals surface area contributed by atoms with Crippen molar-refractivity contribution in [1.29, 1.82) is 0 Å². The van der Waals surface area contributed by atoms with Gasteiger partial charge in [0.05, 0.1) is 23.1 Å². The molecule has 0 aliphatic carbocycles. The Morgan fingerprint density at radius 2 is 1.80 bits per heavy atom.